The number of hydrogen-bond donors (Lipinski definition) is 1. The zero-order valence-corrected chi connectivity index (χ0v) is 11.3. The van der Waals surface area contributed by atoms with E-state index >= 15 is 0 Å². The fraction of sp³-hybridized carbons (Fsp3) is 1.00. The summed E-state index contributed by atoms with van der Waals surface area (Å²) in [5.41, 5.74) is 0. The van der Waals surface area contributed by atoms with Gasteiger partial charge in [-0.05, 0) is 42.8 Å². The Morgan fingerprint density at radius 1 is 1.19 bits per heavy atom. The van der Waals surface area contributed by atoms with Crippen molar-refractivity contribution in [1.29, 1.82) is 0 Å². The van der Waals surface area contributed by atoms with Crippen LogP contribution in [0.2, 0.25) is 6.32 Å². The fourth-order valence-electron chi connectivity index (χ4n) is 2.99. The Kier molecular flexibility index (Phi) is 6.49. The molecule has 1 radical (unpaired) electrons. The summed E-state index contributed by atoms with van der Waals surface area (Å²) >= 11 is 0. The second-order valence-corrected chi connectivity index (χ2v) is 5.96. The molecule has 16 heavy (non-hydrogen) atoms. The van der Waals surface area contributed by atoms with E-state index in [0.29, 0.717) is 0 Å². The normalized spacial score (nSPS) is 22.2. The molecule has 0 aliphatic heterocycles. The second kappa shape index (κ2) is 7.37. The fourth-order valence-corrected chi connectivity index (χ4v) is 2.99. The highest BCUT2D eigenvalue weighted by molar-refractivity contribution is 6.25. The Hall–Kier alpha value is 0.0249. The molecular formula is C14H28BO. The number of rotatable bonds is 8. The third-order valence-corrected chi connectivity index (χ3v) is 4.43. The maximum absolute atomic E-state index is 9.02. The van der Waals surface area contributed by atoms with Crippen LogP contribution in [-0.4, -0.2) is 12.5 Å². The molecule has 0 amide bonds. The number of hydrogen-bond acceptors (Lipinski definition) is 1. The van der Waals surface area contributed by atoms with Crippen molar-refractivity contribution < 1.29 is 5.02 Å². The van der Waals surface area contributed by atoms with Gasteiger partial charge in [0.15, 0.2) is 0 Å². The van der Waals surface area contributed by atoms with Gasteiger partial charge in [-0.2, -0.15) is 0 Å². The minimum absolute atomic E-state index is 0.748. The van der Waals surface area contributed by atoms with Crippen LogP contribution in [-0.2, 0) is 0 Å². The first kappa shape index (κ1) is 14.1. The van der Waals surface area contributed by atoms with Crippen LogP contribution in [0.5, 0.6) is 0 Å². The summed E-state index contributed by atoms with van der Waals surface area (Å²) in [5.74, 6) is 3.33. The van der Waals surface area contributed by atoms with E-state index in [-0.39, 0.29) is 0 Å². The Balaban J connectivity index is 2.29. The van der Waals surface area contributed by atoms with E-state index in [9.17, 15) is 0 Å². The van der Waals surface area contributed by atoms with Gasteiger partial charge in [0.05, 0.1) is 0 Å². The Labute approximate surface area is 102 Å². The van der Waals surface area contributed by atoms with E-state index < -0.39 is 0 Å². The standard InChI is InChI=1S/C14H28BO/c1-4-11(2)8-12(3)9-14(10-15-16)13-6-5-7-13/h11-14,16H,4-10H2,1-3H3. The minimum Gasteiger partial charge on any atom is -0.454 e. The van der Waals surface area contributed by atoms with Crippen molar-refractivity contribution in [3.05, 3.63) is 0 Å². The summed E-state index contributed by atoms with van der Waals surface area (Å²) in [6, 6.07) is 0. The molecule has 1 saturated carbocycles. The highest BCUT2D eigenvalue weighted by Crippen LogP contribution is 2.39. The molecule has 0 spiro atoms. The van der Waals surface area contributed by atoms with Crippen LogP contribution in [0.15, 0.2) is 0 Å². The van der Waals surface area contributed by atoms with Gasteiger partial charge in [-0.15, -0.1) is 0 Å². The lowest BCUT2D eigenvalue weighted by Crippen LogP contribution is -2.25. The highest BCUT2D eigenvalue weighted by Gasteiger charge is 2.28. The molecule has 1 aliphatic carbocycles. The van der Waals surface area contributed by atoms with Gasteiger partial charge in [0.1, 0.15) is 0 Å². The smallest absolute Gasteiger partial charge is 0.287 e. The summed E-state index contributed by atoms with van der Waals surface area (Å²) < 4.78 is 0. The van der Waals surface area contributed by atoms with Crippen molar-refractivity contribution in [1.82, 2.24) is 0 Å². The van der Waals surface area contributed by atoms with Crippen molar-refractivity contribution in [3.8, 4) is 0 Å². The van der Waals surface area contributed by atoms with Crippen molar-refractivity contribution in [2.45, 2.75) is 65.6 Å². The lowest BCUT2D eigenvalue weighted by atomic mass is 9.66. The van der Waals surface area contributed by atoms with E-state index in [1.165, 1.54) is 46.0 Å². The largest absolute Gasteiger partial charge is 0.454 e. The molecule has 0 aromatic carbocycles. The minimum atomic E-state index is 0.748. The molecule has 0 aromatic rings. The molecule has 3 atom stereocenters. The molecule has 2 heteroatoms. The topological polar surface area (TPSA) is 20.2 Å². The molecule has 1 rings (SSSR count). The van der Waals surface area contributed by atoms with Gasteiger partial charge < -0.3 is 5.02 Å². The molecule has 0 bridgehead atoms. The summed E-state index contributed by atoms with van der Waals surface area (Å²) in [6.07, 6.45) is 9.08. The quantitative estimate of drug-likeness (QED) is 0.619. The summed E-state index contributed by atoms with van der Waals surface area (Å²) in [4.78, 5) is 0. The molecular weight excluding hydrogens is 195 g/mol. The van der Waals surface area contributed by atoms with E-state index in [1.54, 1.807) is 0 Å². The predicted octanol–water partition coefficient (Wildman–Crippen LogP) is 3.89. The monoisotopic (exact) mass is 223 g/mol. The molecule has 0 heterocycles. The van der Waals surface area contributed by atoms with Crippen LogP contribution >= 0.6 is 0 Å². The van der Waals surface area contributed by atoms with Crippen LogP contribution in [0, 0.1) is 23.7 Å². The third-order valence-electron chi connectivity index (χ3n) is 4.43. The van der Waals surface area contributed by atoms with Crippen LogP contribution in [0.1, 0.15) is 59.3 Å². The first-order valence-corrected chi connectivity index (χ1v) is 7.13. The highest BCUT2D eigenvalue weighted by atomic mass is 16.2. The van der Waals surface area contributed by atoms with Crippen LogP contribution in [0.4, 0.5) is 0 Å². The molecule has 1 nitrogen and oxygen atoms in total. The van der Waals surface area contributed by atoms with E-state index in [2.05, 4.69) is 20.8 Å². The Bertz CT molecular complexity index is 180. The van der Waals surface area contributed by atoms with Crippen molar-refractivity contribution >= 4 is 7.48 Å². The van der Waals surface area contributed by atoms with Gasteiger partial charge in [0, 0.05) is 0 Å². The average Bonchev–Trinajstić information content (AvgIpc) is 2.15. The molecule has 1 N–H and O–H groups in total. The predicted molar refractivity (Wildman–Crippen MR) is 71.5 cm³/mol. The van der Waals surface area contributed by atoms with Crippen molar-refractivity contribution in [2.75, 3.05) is 0 Å². The van der Waals surface area contributed by atoms with Crippen LogP contribution in [0.3, 0.4) is 0 Å². The second-order valence-electron chi connectivity index (χ2n) is 5.96. The van der Waals surface area contributed by atoms with Crippen molar-refractivity contribution in [2.24, 2.45) is 23.7 Å². The zero-order chi connectivity index (χ0) is 12.0. The first-order chi connectivity index (χ1) is 7.67. The maximum atomic E-state index is 9.02. The van der Waals surface area contributed by atoms with Crippen LogP contribution < -0.4 is 0 Å². The maximum Gasteiger partial charge on any atom is 0.287 e. The first-order valence-electron chi connectivity index (χ1n) is 7.13. The lowest BCUT2D eigenvalue weighted by Gasteiger charge is -2.35. The molecule has 93 valence electrons. The summed E-state index contributed by atoms with van der Waals surface area (Å²) in [7, 11) is 1.39. The molecule has 0 aromatic heterocycles. The molecule has 1 aliphatic rings. The van der Waals surface area contributed by atoms with Gasteiger partial charge >= 0.3 is 0 Å². The zero-order valence-electron chi connectivity index (χ0n) is 11.3. The lowest BCUT2D eigenvalue weighted by molar-refractivity contribution is 0.182. The van der Waals surface area contributed by atoms with Gasteiger partial charge in [-0.25, -0.2) is 0 Å². The van der Waals surface area contributed by atoms with Gasteiger partial charge in [-0.1, -0.05) is 46.5 Å². The Morgan fingerprint density at radius 2 is 1.88 bits per heavy atom. The van der Waals surface area contributed by atoms with Crippen LogP contribution in [0.25, 0.3) is 0 Å². The SMILES string of the molecule is CCC(C)CC(C)CC(C[B]O)C1CCC1. The van der Waals surface area contributed by atoms with E-state index in [4.69, 9.17) is 5.02 Å². The van der Waals surface area contributed by atoms with E-state index in [0.717, 1.165) is 30.0 Å². The Morgan fingerprint density at radius 3 is 2.31 bits per heavy atom. The molecule has 3 unspecified atom stereocenters. The molecule has 1 fully saturated rings. The summed E-state index contributed by atoms with van der Waals surface area (Å²) in [6.45, 7) is 7.02. The van der Waals surface area contributed by atoms with Gasteiger partial charge in [0.25, 0.3) is 7.48 Å². The van der Waals surface area contributed by atoms with Crippen molar-refractivity contribution in [3.63, 3.8) is 0 Å². The van der Waals surface area contributed by atoms with Gasteiger partial charge in [-0.3, -0.25) is 0 Å². The van der Waals surface area contributed by atoms with Gasteiger partial charge in [0.2, 0.25) is 0 Å². The third kappa shape index (κ3) is 4.49. The molecule has 0 saturated heterocycles. The average molecular weight is 223 g/mol. The van der Waals surface area contributed by atoms with E-state index in [1.807, 2.05) is 0 Å². The summed E-state index contributed by atoms with van der Waals surface area (Å²) in [5, 5.41) is 9.02.